The molecule has 0 spiro atoms. The molecule has 21 nitrogen and oxygen atoms in total. The molecule has 0 bridgehead atoms. The minimum atomic E-state index is -1.51. The first-order valence-corrected chi connectivity index (χ1v) is 33.2. The second kappa shape index (κ2) is 29.9. The van der Waals surface area contributed by atoms with Crippen molar-refractivity contribution in [1.29, 1.82) is 0 Å². The van der Waals surface area contributed by atoms with Crippen LogP contribution in [0.15, 0.2) is 30.6 Å². The lowest BCUT2D eigenvalue weighted by atomic mass is 9.70. The molecule has 6 heterocycles. The maximum Gasteiger partial charge on any atom is 0.320 e. The number of benzene rings is 1. The fourth-order valence-corrected chi connectivity index (χ4v) is 16.4. The highest BCUT2D eigenvalue weighted by atomic mass is 35.5. The lowest BCUT2D eigenvalue weighted by Gasteiger charge is -2.50. The number of ketones is 1. The number of aliphatic hydroxyl groups is 2. The number of cyclic esters (lactones) is 1. The number of carbonyl (C=O) groups is 4. The summed E-state index contributed by atoms with van der Waals surface area (Å²) in [4.78, 5) is 69.4. The van der Waals surface area contributed by atoms with Crippen LogP contribution in [-0.2, 0) is 63.6 Å². The van der Waals surface area contributed by atoms with Gasteiger partial charge in [-0.1, -0.05) is 50.9 Å². The standard InChI is InChI=1S/C64H96Cl2N4O17S/c1-15-49-64(10)51(55(59(75)87-64)88-27-24-70(34-43-44(65)32-67-33-45(43)66)41-20-21-47(77-12)48(29-41)83-42-18-16-17-19-42)37(4)52(71)35(2)30-63(9,79-14)57(86-60-53(72)46(28-36(3)81-60)68(11)61(76)69-22-25-80-26-23-69)38(5)54(39(6)58(74)84-49)85-50-31-62(8,78-13)56(73)40(7)82-50/h20-21,29,32-33,35-40,42,46,49-51,53-57,60,72-73H,15-19,22-28,30-31,34H2,1-14H3/t35-,36-,37-,38+,39-,40+,46+,49-,50+,51+,53-,54+,55+,56+,57-,60+,62-,63-,64-/m1/s1. The third-order valence-corrected chi connectivity index (χ3v) is 21.7. The van der Waals surface area contributed by atoms with Gasteiger partial charge in [-0.05, 0) is 98.6 Å². The first-order chi connectivity index (χ1) is 41.7. The summed E-state index contributed by atoms with van der Waals surface area (Å²) in [6.45, 7) is 20.1. The molecule has 1 aromatic heterocycles. The maximum atomic E-state index is 15.6. The van der Waals surface area contributed by atoms with E-state index in [9.17, 15) is 19.8 Å². The van der Waals surface area contributed by atoms with Crippen LogP contribution in [0.2, 0.25) is 10.0 Å². The molecule has 88 heavy (non-hydrogen) atoms. The Morgan fingerprint density at radius 2 is 1.55 bits per heavy atom. The number of aliphatic hydroxyl groups excluding tert-OH is 2. The number of thioether (sulfide) groups is 1. The molecule has 0 radical (unpaired) electrons. The van der Waals surface area contributed by atoms with Crippen LogP contribution in [0.4, 0.5) is 10.5 Å². The van der Waals surface area contributed by atoms with Crippen LogP contribution in [0.5, 0.6) is 11.5 Å². The molecule has 1 saturated carbocycles. The van der Waals surface area contributed by atoms with Crippen LogP contribution in [0.1, 0.15) is 126 Å². The van der Waals surface area contributed by atoms with Crippen molar-refractivity contribution in [2.75, 3.05) is 71.9 Å². The number of anilines is 1. The Morgan fingerprint density at radius 1 is 0.875 bits per heavy atom. The summed E-state index contributed by atoms with van der Waals surface area (Å²) in [5.41, 5.74) is -2.58. The number of methoxy groups -OCH3 is 3. The minimum Gasteiger partial charge on any atom is -0.493 e. The minimum absolute atomic E-state index is 0.0476. The number of Topliss-reactive ketones (excluding diaryl/α,β-unsaturated/α-hetero) is 1. The Bertz CT molecular complexity index is 2690. The predicted octanol–water partition coefficient (Wildman–Crippen LogP) is 8.92. The first kappa shape index (κ1) is 70.1. The van der Waals surface area contributed by atoms with Crippen LogP contribution in [-0.4, -0.2) is 205 Å². The van der Waals surface area contributed by atoms with E-state index in [0.717, 1.165) is 31.4 Å². The normalized spacial score (nSPS) is 37.1. The van der Waals surface area contributed by atoms with Crippen LogP contribution in [0.3, 0.4) is 0 Å². The molecule has 494 valence electrons. The lowest BCUT2D eigenvalue weighted by molar-refractivity contribution is -0.319. The van der Waals surface area contributed by atoms with E-state index in [1.54, 1.807) is 59.1 Å². The number of hydrogen-bond acceptors (Lipinski definition) is 20. The molecule has 0 unspecified atom stereocenters. The number of likely N-dealkylation sites (N-methyl/N-ethyl adjacent to an activating group) is 1. The molecule has 19 atom stereocenters. The zero-order chi connectivity index (χ0) is 64.2. The molecule has 8 rings (SSSR count). The number of fused-ring (bicyclic) bond motifs is 1. The van der Waals surface area contributed by atoms with E-state index in [4.69, 9.17) is 75.3 Å². The summed E-state index contributed by atoms with van der Waals surface area (Å²) in [6, 6.07) is 4.74. The smallest absolute Gasteiger partial charge is 0.320 e. The number of amides is 2. The molecule has 1 aromatic carbocycles. The molecule has 2 aromatic rings. The van der Waals surface area contributed by atoms with Crippen molar-refractivity contribution in [3.63, 3.8) is 0 Å². The lowest BCUT2D eigenvalue weighted by Crippen LogP contribution is -2.62. The second-order valence-corrected chi connectivity index (χ2v) is 27.8. The van der Waals surface area contributed by atoms with Gasteiger partial charge in [0.1, 0.15) is 29.3 Å². The molecule has 6 aliphatic rings. The fourth-order valence-electron chi connectivity index (χ4n) is 14.4. The predicted molar refractivity (Wildman–Crippen MR) is 332 cm³/mol. The maximum absolute atomic E-state index is 15.6. The summed E-state index contributed by atoms with van der Waals surface area (Å²) in [6.07, 6.45) is -1.53. The van der Waals surface area contributed by atoms with E-state index < -0.39 is 125 Å². The number of aromatic nitrogens is 1. The number of rotatable bonds is 18. The first-order valence-electron chi connectivity index (χ1n) is 31.4. The summed E-state index contributed by atoms with van der Waals surface area (Å²) in [5, 5.41) is 23.6. The van der Waals surface area contributed by atoms with E-state index in [2.05, 4.69) is 9.88 Å². The highest BCUT2D eigenvalue weighted by Gasteiger charge is 2.62. The van der Waals surface area contributed by atoms with Crippen molar-refractivity contribution in [3.05, 3.63) is 46.2 Å². The molecule has 24 heteroatoms. The number of morpholine rings is 1. The largest absolute Gasteiger partial charge is 0.493 e. The van der Waals surface area contributed by atoms with Gasteiger partial charge in [0, 0.05) is 113 Å². The van der Waals surface area contributed by atoms with Gasteiger partial charge in [-0.15, -0.1) is 11.8 Å². The summed E-state index contributed by atoms with van der Waals surface area (Å²) >= 11 is 14.9. The third-order valence-electron chi connectivity index (χ3n) is 19.7. The van der Waals surface area contributed by atoms with E-state index in [1.165, 1.54) is 30.9 Å². The van der Waals surface area contributed by atoms with Crippen molar-refractivity contribution >= 4 is 64.4 Å². The van der Waals surface area contributed by atoms with Crippen molar-refractivity contribution < 1.29 is 81.5 Å². The van der Waals surface area contributed by atoms with E-state index >= 15 is 9.59 Å². The molecular formula is C64H96Cl2N4O17S. The van der Waals surface area contributed by atoms with Crippen LogP contribution in [0.25, 0.3) is 0 Å². The summed E-state index contributed by atoms with van der Waals surface area (Å²) in [7, 11) is 6.29. The second-order valence-electron chi connectivity index (χ2n) is 25.8. The van der Waals surface area contributed by atoms with Crippen molar-refractivity contribution in [2.45, 2.75) is 217 Å². The Kier molecular flexibility index (Phi) is 23.8. The number of carbonyl (C=O) groups excluding carboxylic acids is 4. The van der Waals surface area contributed by atoms with Gasteiger partial charge in [0.2, 0.25) is 0 Å². The van der Waals surface area contributed by atoms with Crippen LogP contribution >= 0.6 is 35.0 Å². The monoisotopic (exact) mass is 1290 g/mol. The number of hydrogen-bond donors (Lipinski definition) is 2. The van der Waals surface area contributed by atoms with Gasteiger partial charge in [-0.25, -0.2) is 4.79 Å². The highest BCUT2D eigenvalue weighted by Crippen LogP contribution is 2.50. The van der Waals surface area contributed by atoms with Crippen molar-refractivity contribution in [3.8, 4) is 11.5 Å². The summed E-state index contributed by atoms with van der Waals surface area (Å²) < 4.78 is 70.5. The highest BCUT2D eigenvalue weighted by molar-refractivity contribution is 8.00. The number of pyridine rings is 1. The third kappa shape index (κ3) is 15.1. The van der Waals surface area contributed by atoms with E-state index in [1.807, 2.05) is 59.7 Å². The van der Waals surface area contributed by atoms with Gasteiger partial charge in [0.25, 0.3) is 0 Å². The van der Waals surface area contributed by atoms with Gasteiger partial charge >= 0.3 is 18.0 Å². The molecule has 5 aliphatic heterocycles. The average molecular weight is 1300 g/mol. The Hall–Kier alpha value is -3.78. The number of nitrogens with zero attached hydrogens (tertiary/aromatic N) is 4. The number of halogens is 2. The average Bonchev–Trinajstić information content (AvgIpc) is 1.96. The Balaban J connectivity index is 1.15. The zero-order valence-electron chi connectivity index (χ0n) is 53.8. The van der Waals surface area contributed by atoms with Crippen molar-refractivity contribution in [1.82, 2.24) is 14.8 Å². The SMILES string of the molecule is CC[C@H]1OC(=O)[C@H](C)[C@@H](O[C@H]2C[C@@](C)(OC)[C@@H](O)[C@H](C)O2)[C@H](C)[C@@H](O[C@@H]2O[C@H](C)C[C@H](N(C)C(=O)N3CCOCC3)[C@H]2O)[C@](C)(OC)C[C@@H](C)C(=O)[C@H](C)[C@H]2[C@H](SCCN(Cc3c(Cl)cncc3Cl)c3ccc(OC)c(OC4CCCC4)c3)C(=O)O[C@@]21C. The quantitative estimate of drug-likeness (QED) is 0.133. The fraction of sp³-hybridized carbons (Fsp3) is 0.766. The summed E-state index contributed by atoms with van der Waals surface area (Å²) in [5.74, 6) is -4.28. The van der Waals surface area contributed by atoms with Gasteiger partial charge in [-0.2, -0.15) is 0 Å². The van der Waals surface area contributed by atoms with Gasteiger partial charge in [0.05, 0.1) is 84.1 Å². The van der Waals surface area contributed by atoms with Gasteiger partial charge in [0.15, 0.2) is 29.7 Å². The van der Waals surface area contributed by atoms with Crippen LogP contribution < -0.4 is 14.4 Å². The van der Waals surface area contributed by atoms with Gasteiger partial charge in [-0.3, -0.25) is 19.4 Å². The Labute approximate surface area is 534 Å². The molecule has 6 fully saturated rings. The molecular weight excluding hydrogens is 1200 g/mol. The van der Waals surface area contributed by atoms with Crippen molar-refractivity contribution in [2.24, 2.45) is 29.6 Å². The Morgan fingerprint density at radius 3 is 2.18 bits per heavy atom. The van der Waals surface area contributed by atoms with Crippen LogP contribution in [0, 0.1) is 29.6 Å². The van der Waals surface area contributed by atoms with E-state index in [-0.39, 0.29) is 43.7 Å². The topological polar surface area (TPSA) is 233 Å². The van der Waals surface area contributed by atoms with Gasteiger partial charge < -0.3 is 77.0 Å². The number of urea groups is 1. The van der Waals surface area contributed by atoms with E-state index in [0.29, 0.717) is 72.1 Å². The number of ether oxygens (including phenoxy) is 11. The molecule has 2 N–H and O–H groups in total. The number of esters is 2. The molecule has 2 amide bonds. The molecule has 1 aliphatic carbocycles. The molecule has 5 saturated heterocycles. The zero-order valence-corrected chi connectivity index (χ0v) is 56.1.